The summed E-state index contributed by atoms with van der Waals surface area (Å²) in [5.41, 5.74) is 1.13. The van der Waals surface area contributed by atoms with Crippen LogP contribution in [0.25, 0.3) is 0 Å². The normalized spacial score (nSPS) is 12.4. The van der Waals surface area contributed by atoms with Crippen molar-refractivity contribution in [1.29, 1.82) is 0 Å². The Morgan fingerprint density at radius 3 is 2.81 bits per heavy atom. The summed E-state index contributed by atoms with van der Waals surface area (Å²) < 4.78 is 6.58. The van der Waals surface area contributed by atoms with Gasteiger partial charge in [0, 0.05) is 25.8 Å². The lowest BCUT2D eigenvalue weighted by Crippen LogP contribution is -2.23. The third-order valence-corrected chi connectivity index (χ3v) is 5.28. The van der Waals surface area contributed by atoms with Gasteiger partial charge in [0.1, 0.15) is 5.75 Å². The Hall–Kier alpha value is -0.550. The molecule has 21 heavy (non-hydrogen) atoms. The van der Waals surface area contributed by atoms with Crippen molar-refractivity contribution >= 4 is 38.9 Å². The molecular weight excluding hydrogens is 370 g/mol. The summed E-state index contributed by atoms with van der Waals surface area (Å²) in [6.45, 7) is 3.16. The van der Waals surface area contributed by atoms with Gasteiger partial charge < -0.3 is 10.1 Å². The summed E-state index contributed by atoms with van der Waals surface area (Å²) in [4.78, 5) is 1.32. The van der Waals surface area contributed by atoms with Crippen molar-refractivity contribution in [1.82, 2.24) is 5.32 Å². The third-order valence-electron chi connectivity index (χ3n) is 3.24. The molecule has 0 amide bonds. The highest BCUT2D eigenvalue weighted by Gasteiger charge is 2.16. The molecule has 0 radical (unpaired) electrons. The van der Waals surface area contributed by atoms with Crippen molar-refractivity contribution in [3.63, 3.8) is 0 Å². The Morgan fingerprint density at radius 2 is 2.19 bits per heavy atom. The van der Waals surface area contributed by atoms with Crippen LogP contribution in [-0.2, 0) is 6.42 Å². The number of halogens is 2. The Labute approximate surface area is 143 Å². The molecule has 5 heteroatoms. The summed E-state index contributed by atoms with van der Waals surface area (Å²) in [5, 5.41) is 6.47. The molecule has 2 aromatic rings. The molecule has 0 fully saturated rings. The van der Waals surface area contributed by atoms with E-state index in [-0.39, 0.29) is 6.04 Å². The molecule has 0 saturated carbocycles. The number of ether oxygens (including phenoxy) is 1. The summed E-state index contributed by atoms with van der Waals surface area (Å²) >= 11 is 11.4. The van der Waals surface area contributed by atoms with Crippen LogP contribution in [-0.4, -0.2) is 13.7 Å². The zero-order chi connectivity index (χ0) is 15.2. The Morgan fingerprint density at radius 1 is 1.38 bits per heavy atom. The lowest BCUT2D eigenvalue weighted by atomic mass is 10.0. The molecule has 1 aromatic carbocycles. The second kappa shape index (κ2) is 8.18. The van der Waals surface area contributed by atoms with Gasteiger partial charge >= 0.3 is 0 Å². The van der Waals surface area contributed by atoms with Crippen LogP contribution in [0.4, 0.5) is 0 Å². The average molecular weight is 389 g/mol. The van der Waals surface area contributed by atoms with Gasteiger partial charge in [-0.25, -0.2) is 0 Å². The molecule has 0 bridgehead atoms. The van der Waals surface area contributed by atoms with Gasteiger partial charge in [-0.1, -0.05) is 18.5 Å². The fourth-order valence-electron chi connectivity index (χ4n) is 2.23. The van der Waals surface area contributed by atoms with Crippen LogP contribution in [0.5, 0.6) is 5.75 Å². The molecule has 1 aromatic heterocycles. The molecule has 0 aliphatic rings. The lowest BCUT2D eigenvalue weighted by Gasteiger charge is -2.19. The fraction of sp³-hybridized carbons (Fsp3) is 0.375. The number of hydrogen-bond acceptors (Lipinski definition) is 3. The highest BCUT2D eigenvalue weighted by molar-refractivity contribution is 9.10. The van der Waals surface area contributed by atoms with Gasteiger partial charge in [-0.15, -0.1) is 11.3 Å². The molecule has 0 saturated heterocycles. The van der Waals surface area contributed by atoms with E-state index in [0.717, 1.165) is 40.2 Å². The van der Waals surface area contributed by atoms with E-state index in [1.54, 1.807) is 18.4 Å². The fourth-order valence-corrected chi connectivity index (χ4v) is 3.95. The van der Waals surface area contributed by atoms with E-state index in [1.807, 2.05) is 18.2 Å². The van der Waals surface area contributed by atoms with Gasteiger partial charge in [0.05, 0.1) is 7.11 Å². The van der Waals surface area contributed by atoms with E-state index in [0.29, 0.717) is 0 Å². The van der Waals surface area contributed by atoms with Gasteiger partial charge in [0.15, 0.2) is 0 Å². The number of methoxy groups -OCH3 is 1. The summed E-state index contributed by atoms with van der Waals surface area (Å²) in [6, 6.07) is 8.23. The Bertz CT molecular complexity index is 587. The SMILES string of the molecule is CCCNC(Cc1cc(Cl)ccc1OC)c1cc(Br)cs1. The van der Waals surface area contributed by atoms with Crippen molar-refractivity contribution in [3.05, 3.63) is 49.6 Å². The first kappa shape index (κ1) is 16.8. The molecule has 1 unspecified atom stereocenters. The van der Waals surface area contributed by atoms with Crippen LogP contribution in [0.15, 0.2) is 34.1 Å². The highest BCUT2D eigenvalue weighted by Crippen LogP contribution is 2.31. The van der Waals surface area contributed by atoms with E-state index in [2.05, 4.69) is 39.6 Å². The van der Waals surface area contributed by atoms with Crippen LogP contribution in [0.3, 0.4) is 0 Å². The minimum absolute atomic E-state index is 0.272. The van der Waals surface area contributed by atoms with Crippen molar-refractivity contribution in [3.8, 4) is 5.75 Å². The van der Waals surface area contributed by atoms with Crippen molar-refractivity contribution in [2.24, 2.45) is 0 Å². The predicted molar refractivity (Wildman–Crippen MR) is 94.8 cm³/mol. The van der Waals surface area contributed by atoms with E-state index in [4.69, 9.17) is 16.3 Å². The van der Waals surface area contributed by atoms with Crippen molar-refractivity contribution < 1.29 is 4.74 Å². The van der Waals surface area contributed by atoms with Crippen LogP contribution >= 0.6 is 38.9 Å². The van der Waals surface area contributed by atoms with Crippen LogP contribution in [0, 0.1) is 0 Å². The molecular formula is C16H19BrClNOS. The molecule has 1 atom stereocenters. The number of benzene rings is 1. The smallest absolute Gasteiger partial charge is 0.122 e. The third kappa shape index (κ3) is 4.71. The molecule has 2 rings (SSSR count). The molecule has 0 aliphatic heterocycles. The van der Waals surface area contributed by atoms with Crippen LogP contribution < -0.4 is 10.1 Å². The largest absolute Gasteiger partial charge is 0.496 e. The first-order valence-electron chi connectivity index (χ1n) is 6.93. The molecule has 2 nitrogen and oxygen atoms in total. The number of hydrogen-bond donors (Lipinski definition) is 1. The van der Waals surface area contributed by atoms with E-state index < -0.39 is 0 Å². The van der Waals surface area contributed by atoms with E-state index >= 15 is 0 Å². The van der Waals surface area contributed by atoms with Gasteiger partial charge in [0.2, 0.25) is 0 Å². The second-order valence-electron chi connectivity index (χ2n) is 4.83. The van der Waals surface area contributed by atoms with Crippen molar-refractivity contribution in [2.75, 3.05) is 13.7 Å². The van der Waals surface area contributed by atoms with Gasteiger partial charge in [-0.2, -0.15) is 0 Å². The van der Waals surface area contributed by atoms with E-state index in [9.17, 15) is 0 Å². The first-order valence-corrected chi connectivity index (χ1v) is 8.98. The monoisotopic (exact) mass is 387 g/mol. The zero-order valence-corrected chi connectivity index (χ0v) is 15.3. The zero-order valence-electron chi connectivity index (χ0n) is 12.2. The highest BCUT2D eigenvalue weighted by atomic mass is 79.9. The van der Waals surface area contributed by atoms with E-state index in [1.165, 1.54) is 4.88 Å². The van der Waals surface area contributed by atoms with Crippen LogP contribution in [0.2, 0.25) is 5.02 Å². The maximum absolute atomic E-state index is 6.13. The summed E-state index contributed by atoms with van der Waals surface area (Å²) in [5.74, 6) is 0.887. The van der Waals surface area contributed by atoms with Gasteiger partial charge in [-0.3, -0.25) is 0 Å². The Kier molecular flexibility index (Phi) is 6.55. The van der Waals surface area contributed by atoms with Gasteiger partial charge in [0.25, 0.3) is 0 Å². The topological polar surface area (TPSA) is 21.3 Å². The van der Waals surface area contributed by atoms with Crippen LogP contribution in [0.1, 0.15) is 29.8 Å². The summed E-state index contributed by atoms with van der Waals surface area (Å²) in [6.07, 6.45) is 1.96. The lowest BCUT2D eigenvalue weighted by molar-refractivity contribution is 0.405. The minimum Gasteiger partial charge on any atom is -0.496 e. The average Bonchev–Trinajstić information content (AvgIpc) is 2.90. The quantitative estimate of drug-likeness (QED) is 0.680. The van der Waals surface area contributed by atoms with Crippen molar-refractivity contribution in [2.45, 2.75) is 25.8 Å². The molecule has 0 aliphatic carbocycles. The maximum Gasteiger partial charge on any atom is 0.122 e. The second-order valence-corrected chi connectivity index (χ2v) is 7.13. The summed E-state index contributed by atoms with van der Waals surface area (Å²) in [7, 11) is 1.70. The number of rotatable bonds is 7. The minimum atomic E-state index is 0.272. The first-order chi connectivity index (χ1) is 10.1. The molecule has 1 N–H and O–H groups in total. The standard InChI is InChI=1S/C16H19BrClNOS/c1-3-6-19-14(16-9-12(17)10-21-16)8-11-7-13(18)4-5-15(11)20-2/h4-5,7,9-10,14,19H,3,6,8H2,1-2H3. The number of thiophene rings is 1. The predicted octanol–water partition coefficient (Wildman–Crippen LogP) is 5.46. The van der Waals surface area contributed by atoms with Gasteiger partial charge in [-0.05, 0) is 65.1 Å². The molecule has 114 valence electrons. The molecule has 0 spiro atoms. The number of nitrogens with one attached hydrogen (secondary N) is 1. The maximum atomic E-state index is 6.13. The molecule has 1 heterocycles. The Balaban J connectivity index is 2.24.